The zero-order valence-electron chi connectivity index (χ0n) is 22.8. The van der Waals surface area contributed by atoms with Gasteiger partial charge in [0, 0.05) is 42.2 Å². The lowest BCUT2D eigenvalue weighted by molar-refractivity contribution is -0.00308. The van der Waals surface area contributed by atoms with Gasteiger partial charge in [0.05, 0.1) is 36.9 Å². The Balaban J connectivity index is 0.000000909. The average Bonchev–Trinajstić information content (AvgIpc) is 3.38. The van der Waals surface area contributed by atoms with E-state index < -0.39 is 16.0 Å². The zero-order valence-corrected chi connectivity index (χ0v) is 23.6. The van der Waals surface area contributed by atoms with Crippen LogP contribution in [0.15, 0.2) is 59.8 Å². The first-order chi connectivity index (χ1) is 19.6. The maximum atomic E-state index is 12.8. The van der Waals surface area contributed by atoms with Gasteiger partial charge in [-0.05, 0) is 31.7 Å². The van der Waals surface area contributed by atoms with E-state index in [4.69, 9.17) is 35.2 Å². The number of pyridine rings is 1. The molecule has 0 bridgehead atoms. The number of anilines is 1. The number of carboxylic acid groups (broad SMARTS) is 2. The standard InChI is InChI=1S/C27H31N5O4S.CH2O3/c1-35-14-15-36-21-11-8-19(9-12-21)24-25(37(2,33)34)26(28)32-27(31-24)22(17-30-32)20-10-13-23(29-16-20)18-6-4-3-5-7-18;2-1(3)4/h3-7,10,13,16-17,19,21H,8-9,11-12,14-15,28H2,1-2H3;(H2,2,3,4)/t19-,21-;. The Morgan fingerprint density at radius 1 is 1.02 bits per heavy atom. The smallest absolute Gasteiger partial charge is 0.450 e. The Labute approximate surface area is 237 Å². The van der Waals surface area contributed by atoms with Crippen LogP contribution in [0.25, 0.3) is 28.0 Å². The van der Waals surface area contributed by atoms with E-state index >= 15 is 0 Å². The summed E-state index contributed by atoms with van der Waals surface area (Å²) in [5, 5.41) is 18.3. The number of rotatable bonds is 8. The molecular formula is C28H33N5O7S. The molecule has 4 N–H and O–H groups in total. The minimum absolute atomic E-state index is 0.0411. The molecule has 1 saturated carbocycles. The highest BCUT2D eigenvalue weighted by Gasteiger charge is 2.31. The second kappa shape index (κ2) is 13.1. The van der Waals surface area contributed by atoms with Crippen molar-refractivity contribution in [2.45, 2.75) is 42.6 Å². The lowest BCUT2D eigenvalue weighted by Crippen LogP contribution is -2.24. The van der Waals surface area contributed by atoms with Crippen molar-refractivity contribution in [1.82, 2.24) is 19.6 Å². The SMILES string of the molecule is COCCO[C@H]1CC[C@H](c2nc3c(-c4ccc(-c5ccccc5)nc4)cnn3c(N)c2S(C)(=O)=O)CC1.O=C(O)O. The molecule has 0 unspecified atom stereocenters. The number of sulfone groups is 1. The van der Waals surface area contributed by atoms with Crippen molar-refractivity contribution in [1.29, 1.82) is 0 Å². The van der Waals surface area contributed by atoms with Crippen LogP contribution >= 0.6 is 0 Å². The minimum atomic E-state index is -3.64. The highest BCUT2D eigenvalue weighted by Crippen LogP contribution is 2.39. The van der Waals surface area contributed by atoms with Crippen molar-refractivity contribution in [2.75, 3.05) is 32.3 Å². The van der Waals surface area contributed by atoms with Crippen molar-refractivity contribution in [2.24, 2.45) is 0 Å². The van der Waals surface area contributed by atoms with E-state index in [0.717, 1.165) is 48.1 Å². The van der Waals surface area contributed by atoms with Crippen LogP contribution < -0.4 is 5.73 Å². The topological polar surface area (TPSA) is 179 Å². The van der Waals surface area contributed by atoms with E-state index in [1.807, 2.05) is 42.5 Å². The Morgan fingerprint density at radius 3 is 2.29 bits per heavy atom. The lowest BCUT2D eigenvalue weighted by Gasteiger charge is -2.29. The summed E-state index contributed by atoms with van der Waals surface area (Å²) in [5.41, 5.74) is 10.9. The summed E-state index contributed by atoms with van der Waals surface area (Å²) in [5.74, 6) is 0.0433. The monoisotopic (exact) mass is 583 g/mol. The fourth-order valence-electron chi connectivity index (χ4n) is 5.01. The van der Waals surface area contributed by atoms with Crippen molar-refractivity contribution >= 4 is 27.5 Å². The highest BCUT2D eigenvalue weighted by atomic mass is 32.2. The summed E-state index contributed by atoms with van der Waals surface area (Å²) in [4.78, 5) is 18.1. The van der Waals surface area contributed by atoms with Gasteiger partial charge < -0.3 is 25.4 Å². The first-order valence-electron chi connectivity index (χ1n) is 13.0. The predicted molar refractivity (Wildman–Crippen MR) is 153 cm³/mol. The number of carbonyl (C=O) groups is 1. The third kappa shape index (κ3) is 7.17. The highest BCUT2D eigenvalue weighted by molar-refractivity contribution is 7.91. The molecule has 218 valence electrons. The van der Waals surface area contributed by atoms with Gasteiger partial charge in [-0.3, -0.25) is 4.98 Å². The van der Waals surface area contributed by atoms with Gasteiger partial charge in [-0.2, -0.15) is 9.61 Å². The molecule has 41 heavy (non-hydrogen) atoms. The summed E-state index contributed by atoms with van der Waals surface area (Å²) < 4.78 is 38.1. The number of benzene rings is 1. The van der Waals surface area contributed by atoms with E-state index in [0.29, 0.717) is 24.6 Å². The number of aromatic nitrogens is 4. The molecule has 1 fully saturated rings. The molecule has 0 spiro atoms. The molecule has 0 amide bonds. The molecule has 3 heterocycles. The molecule has 1 aliphatic carbocycles. The maximum absolute atomic E-state index is 12.8. The number of hydrogen-bond acceptors (Lipinski definition) is 9. The first-order valence-corrected chi connectivity index (χ1v) is 14.9. The van der Waals surface area contributed by atoms with Crippen molar-refractivity contribution in [3.8, 4) is 22.4 Å². The molecule has 0 aliphatic heterocycles. The predicted octanol–water partition coefficient (Wildman–Crippen LogP) is 4.36. The zero-order chi connectivity index (χ0) is 29.6. The van der Waals surface area contributed by atoms with Crippen LogP contribution in [0.1, 0.15) is 37.3 Å². The first kappa shape index (κ1) is 29.9. The third-order valence-corrected chi connectivity index (χ3v) is 8.04. The molecular weight excluding hydrogens is 550 g/mol. The quantitative estimate of drug-likeness (QED) is 0.251. The van der Waals surface area contributed by atoms with Gasteiger partial charge in [0.1, 0.15) is 10.7 Å². The van der Waals surface area contributed by atoms with Gasteiger partial charge in [0.25, 0.3) is 0 Å². The molecule has 3 aromatic heterocycles. The normalized spacial score (nSPS) is 17.1. The molecule has 13 heteroatoms. The molecule has 0 saturated heterocycles. The molecule has 0 radical (unpaired) electrons. The van der Waals surface area contributed by atoms with Crippen molar-refractivity contribution in [3.05, 3.63) is 60.6 Å². The van der Waals surface area contributed by atoms with Crippen LogP contribution in [0, 0.1) is 0 Å². The van der Waals surface area contributed by atoms with E-state index in [1.165, 1.54) is 10.8 Å². The van der Waals surface area contributed by atoms with Crippen molar-refractivity contribution < 1.29 is 32.9 Å². The summed E-state index contributed by atoms with van der Waals surface area (Å²) >= 11 is 0. The Kier molecular flexibility index (Phi) is 9.53. The number of fused-ring (bicyclic) bond motifs is 1. The number of hydrogen-bond donors (Lipinski definition) is 3. The van der Waals surface area contributed by atoms with Crippen LogP contribution in [0.2, 0.25) is 0 Å². The number of nitrogens with two attached hydrogens (primary N) is 1. The Bertz CT molecular complexity index is 1580. The number of ether oxygens (including phenoxy) is 2. The van der Waals surface area contributed by atoms with Crippen LogP contribution in [-0.2, 0) is 19.3 Å². The molecule has 1 aromatic carbocycles. The van der Waals surface area contributed by atoms with Gasteiger partial charge in [-0.1, -0.05) is 36.4 Å². The van der Waals surface area contributed by atoms with Gasteiger partial charge >= 0.3 is 6.16 Å². The summed E-state index contributed by atoms with van der Waals surface area (Å²) in [6.07, 6.45) is 6.08. The largest absolute Gasteiger partial charge is 0.503 e. The van der Waals surface area contributed by atoms with E-state index in [2.05, 4.69) is 10.1 Å². The summed E-state index contributed by atoms with van der Waals surface area (Å²) in [6, 6.07) is 13.9. The third-order valence-electron chi connectivity index (χ3n) is 6.88. The van der Waals surface area contributed by atoms with Crippen LogP contribution in [0.5, 0.6) is 0 Å². The minimum Gasteiger partial charge on any atom is -0.450 e. The van der Waals surface area contributed by atoms with Gasteiger partial charge in [0.2, 0.25) is 0 Å². The fraction of sp³-hybridized carbons (Fsp3) is 0.357. The van der Waals surface area contributed by atoms with E-state index in [-0.39, 0.29) is 22.7 Å². The number of methoxy groups -OCH3 is 1. The van der Waals surface area contributed by atoms with Crippen LogP contribution in [0.3, 0.4) is 0 Å². The Hall–Kier alpha value is -4.07. The number of nitrogens with zero attached hydrogens (tertiary/aromatic N) is 4. The Morgan fingerprint density at radius 2 is 1.71 bits per heavy atom. The molecule has 4 aromatic rings. The van der Waals surface area contributed by atoms with Crippen molar-refractivity contribution in [3.63, 3.8) is 0 Å². The van der Waals surface area contributed by atoms with Crippen LogP contribution in [0.4, 0.5) is 10.6 Å². The van der Waals surface area contributed by atoms with Gasteiger partial charge in [0.15, 0.2) is 15.5 Å². The van der Waals surface area contributed by atoms with Crippen LogP contribution in [-0.4, -0.2) is 77.1 Å². The van der Waals surface area contributed by atoms with Gasteiger partial charge in [-0.25, -0.2) is 18.2 Å². The second-order valence-electron chi connectivity index (χ2n) is 9.70. The molecule has 0 atom stereocenters. The van der Waals surface area contributed by atoms with Gasteiger partial charge in [-0.15, -0.1) is 0 Å². The molecule has 5 rings (SSSR count). The average molecular weight is 584 g/mol. The summed E-state index contributed by atoms with van der Waals surface area (Å²) in [7, 11) is -1.99. The molecule has 12 nitrogen and oxygen atoms in total. The molecule has 1 aliphatic rings. The lowest BCUT2D eigenvalue weighted by atomic mass is 9.85. The van der Waals surface area contributed by atoms with E-state index in [1.54, 1.807) is 19.5 Å². The maximum Gasteiger partial charge on any atom is 0.503 e. The number of nitrogen functional groups attached to an aromatic ring is 1. The fourth-order valence-corrected chi connectivity index (χ4v) is 6.07. The summed E-state index contributed by atoms with van der Waals surface area (Å²) in [6.45, 7) is 1.10. The van der Waals surface area contributed by atoms with E-state index in [9.17, 15) is 8.42 Å². The second-order valence-corrected chi connectivity index (χ2v) is 11.6.